The molecule has 1 rings (SSSR count). The quantitative estimate of drug-likeness (QED) is 0.791. The van der Waals surface area contributed by atoms with Crippen molar-refractivity contribution in [2.45, 2.75) is 32.2 Å². The third-order valence-corrected chi connectivity index (χ3v) is 2.42. The lowest BCUT2D eigenvalue weighted by Crippen LogP contribution is -2.41. The van der Waals surface area contributed by atoms with Crippen LogP contribution in [0.25, 0.3) is 0 Å². The SMILES string of the molecule is CC(C)Nc1ccccc1C(=O)NCC(F)(F)C(F)F. The van der Waals surface area contributed by atoms with Gasteiger partial charge in [0.2, 0.25) is 0 Å². The number of halogens is 4. The molecule has 2 N–H and O–H groups in total. The molecular weight excluding hydrogens is 276 g/mol. The van der Waals surface area contributed by atoms with Gasteiger partial charge in [-0.1, -0.05) is 12.1 Å². The molecule has 7 heteroatoms. The van der Waals surface area contributed by atoms with Crippen molar-refractivity contribution in [3.8, 4) is 0 Å². The summed E-state index contributed by atoms with van der Waals surface area (Å²) in [5, 5.41) is 4.80. The summed E-state index contributed by atoms with van der Waals surface area (Å²) in [5.41, 5.74) is 0.589. The molecule has 0 aliphatic carbocycles. The largest absolute Gasteiger partial charge is 0.382 e. The van der Waals surface area contributed by atoms with E-state index in [2.05, 4.69) is 5.32 Å². The normalized spacial score (nSPS) is 11.8. The van der Waals surface area contributed by atoms with Gasteiger partial charge in [-0.05, 0) is 26.0 Å². The fourth-order valence-electron chi connectivity index (χ4n) is 1.49. The van der Waals surface area contributed by atoms with Crippen LogP contribution in [-0.2, 0) is 0 Å². The van der Waals surface area contributed by atoms with Crippen LogP contribution in [-0.4, -0.2) is 30.8 Å². The van der Waals surface area contributed by atoms with Gasteiger partial charge in [-0.3, -0.25) is 4.79 Å². The van der Waals surface area contributed by atoms with E-state index in [0.717, 1.165) is 0 Å². The number of anilines is 1. The highest BCUT2D eigenvalue weighted by Gasteiger charge is 2.40. The Balaban J connectivity index is 2.78. The van der Waals surface area contributed by atoms with E-state index in [9.17, 15) is 22.4 Å². The van der Waals surface area contributed by atoms with E-state index in [-0.39, 0.29) is 11.6 Å². The topological polar surface area (TPSA) is 41.1 Å². The number of para-hydroxylation sites is 1. The van der Waals surface area contributed by atoms with Crippen LogP contribution in [0.5, 0.6) is 0 Å². The summed E-state index contributed by atoms with van der Waals surface area (Å²) >= 11 is 0. The van der Waals surface area contributed by atoms with Crippen LogP contribution in [0, 0.1) is 0 Å². The van der Waals surface area contributed by atoms with Crippen molar-refractivity contribution in [3.63, 3.8) is 0 Å². The Morgan fingerprint density at radius 2 is 1.85 bits per heavy atom. The minimum absolute atomic E-state index is 0.0338. The van der Waals surface area contributed by atoms with Crippen molar-refractivity contribution in [2.75, 3.05) is 11.9 Å². The first kappa shape index (κ1) is 16.3. The maximum atomic E-state index is 12.8. The Kier molecular flexibility index (Phi) is 5.35. The van der Waals surface area contributed by atoms with Crippen molar-refractivity contribution in [1.29, 1.82) is 0 Å². The summed E-state index contributed by atoms with van der Waals surface area (Å²) in [4.78, 5) is 11.8. The van der Waals surface area contributed by atoms with Crippen LogP contribution in [0.2, 0.25) is 0 Å². The lowest BCUT2D eigenvalue weighted by atomic mass is 10.1. The fourth-order valence-corrected chi connectivity index (χ4v) is 1.49. The van der Waals surface area contributed by atoms with Gasteiger partial charge >= 0.3 is 12.3 Å². The number of benzene rings is 1. The van der Waals surface area contributed by atoms with Crippen molar-refractivity contribution in [2.24, 2.45) is 0 Å². The zero-order valence-corrected chi connectivity index (χ0v) is 11.1. The monoisotopic (exact) mass is 292 g/mol. The smallest absolute Gasteiger partial charge is 0.324 e. The molecule has 0 atom stereocenters. The predicted octanol–water partition coefficient (Wildman–Crippen LogP) is 3.14. The van der Waals surface area contributed by atoms with Crippen molar-refractivity contribution < 1.29 is 22.4 Å². The maximum absolute atomic E-state index is 12.8. The van der Waals surface area contributed by atoms with Gasteiger partial charge in [0.25, 0.3) is 5.91 Å². The van der Waals surface area contributed by atoms with Crippen molar-refractivity contribution >= 4 is 11.6 Å². The maximum Gasteiger partial charge on any atom is 0.324 e. The number of carbonyl (C=O) groups is 1. The first-order valence-electron chi connectivity index (χ1n) is 6.04. The third kappa shape index (κ3) is 4.40. The molecule has 1 aromatic rings. The molecule has 0 spiro atoms. The number of amides is 1. The van der Waals surface area contributed by atoms with Crippen LogP contribution < -0.4 is 10.6 Å². The van der Waals surface area contributed by atoms with E-state index in [4.69, 9.17) is 0 Å². The van der Waals surface area contributed by atoms with E-state index >= 15 is 0 Å². The van der Waals surface area contributed by atoms with Crippen LogP contribution >= 0.6 is 0 Å². The number of hydrogen-bond acceptors (Lipinski definition) is 2. The Hall–Kier alpha value is -1.79. The highest BCUT2D eigenvalue weighted by molar-refractivity contribution is 5.99. The standard InChI is InChI=1S/C13H16F4N2O/c1-8(2)19-10-6-4-3-5-9(10)11(20)18-7-13(16,17)12(14)15/h3-6,8,12,19H,7H2,1-2H3,(H,18,20). The van der Waals surface area contributed by atoms with Crippen LogP contribution in [0.4, 0.5) is 23.2 Å². The number of hydrogen-bond donors (Lipinski definition) is 2. The first-order valence-corrected chi connectivity index (χ1v) is 6.04. The van der Waals surface area contributed by atoms with E-state index in [0.29, 0.717) is 5.69 Å². The molecule has 0 radical (unpaired) electrons. The van der Waals surface area contributed by atoms with Gasteiger partial charge in [0.15, 0.2) is 0 Å². The summed E-state index contributed by atoms with van der Waals surface area (Å²) in [7, 11) is 0. The van der Waals surface area contributed by atoms with E-state index < -0.39 is 24.8 Å². The average molecular weight is 292 g/mol. The van der Waals surface area contributed by atoms with Crippen LogP contribution in [0.3, 0.4) is 0 Å². The van der Waals surface area contributed by atoms with Crippen molar-refractivity contribution in [1.82, 2.24) is 5.32 Å². The number of carbonyl (C=O) groups excluding carboxylic acids is 1. The Labute approximate surface area is 114 Å². The summed E-state index contributed by atoms with van der Waals surface area (Å²) in [6.45, 7) is 2.29. The van der Waals surface area contributed by atoms with Gasteiger partial charge in [0, 0.05) is 11.7 Å². The van der Waals surface area contributed by atoms with E-state index in [1.54, 1.807) is 18.2 Å². The molecule has 0 heterocycles. The molecule has 0 fully saturated rings. The zero-order valence-electron chi connectivity index (χ0n) is 11.1. The molecule has 3 nitrogen and oxygen atoms in total. The molecule has 0 saturated heterocycles. The number of rotatable bonds is 6. The van der Waals surface area contributed by atoms with Crippen LogP contribution in [0.1, 0.15) is 24.2 Å². The Morgan fingerprint density at radius 1 is 1.25 bits per heavy atom. The Morgan fingerprint density at radius 3 is 2.40 bits per heavy atom. The fraction of sp³-hybridized carbons (Fsp3) is 0.462. The van der Waals surface area contributed by atoms with Gasteiger partial charge in [0.05, 0.1) is 12.1 Å². The average Bonchev–Trinajstić information content (AvgIpc) is 2.36. The first-order chi connectivity index (χ1) is 9.24. The molecule has 0 aromatic heterocycles. The van der Waals surface area contributed by atoms with E-state index in [1.165, 1.54) is 6.07 Å². The number of nitrogens with one attached hydrogen (secondary N) is 2. The zero-order chi connectivity index (χ0) is 15.3. The summed E-state index contributed by atoms with van der Waals surface area (Å²) in [5.74, 6) is -5.06. The molecule has 0 aliphatic heterocycles. The minimum atomic E-state index is -4.24. The second kappa shape index (κ2) is 6.58. The molecule has 112 valence electrons. The molecule has 20 heavy (non-hydrogen) atoms. The molecule has 1 aromatic carbocycles. The molecule has 0 saturated carbocycles. The van der Waals surface area contributed by atoms with Gasteiger partial charge in [-0.2, -0.15) is 8.78 Å². The molecule has 0 bridgehead atoms. The lowest BCUT2D eigenvalue weighted by molar-refractivity contribution is -0.123. The van der Waals surface area contributed by atoms with E-state index in [1.807, 2.05) is 19.2 Å². The molecule has 1 amide bonds. The van der Waals surface area contributed by atoms with Gasteiger partial charge in [-0.15, -0.1) is 0 Å². The highest BCUT2D eigenvalue weighted by atomic mass is 19.3. The molecular formula is C13H16F4N2O. The van der Waals surface area contributed by atoms with Gasteiger partial charge in [0.1, 0.15) is 0 Å². The minimum Gasteiger partial charge on any atom is -0.382 e. The lowest BCUT2D eigenvalue weighted by Gasteiger charge is -2.17. The second-order valence-electron chi connectivity index (χ2n) is 4.59. The predicted molar refractivity (Wildman–Crippen MR) is 68.5 cm³/mol. The van der Waals surface area contributed by atoms with Gasteiger partial charge in [-0.25, -0.2) is 8.78 Å². The van der Waals surface area contributed by atoms with Crippen LogP contribution in [0.15, 0.2) is 24.3 Å². The Bertz CT molecular complexity index is 463. The summed E-state index contributed by atoms with van der Waals surface area (Å²) < 4.78 is 49.5. The van der Waals surface area contributed by atoms with Crippen molar-refractivity contribution in [3.05, 3.63) is 29.8 Å². The summed E-state index contributed by atoms with van der Waals surface area (Å²) in [6, 6.07) is 6.31. The highest BCUT2D eigenvalue weighted by Crippen LogP contribution is 2.22. The third-order valence-electron chi connectivity index (χ3n) is 2.42. The molecule has 0 aliphatic rings. The number of alkyl halides is 4. The van der Waals surface area contributed by atoms with Gasteiger partial charge < -0.3 is 10.6 Å². The summed E-state index contributed by atoms with van der Waals surface area (Å²) in [6.07, 6.45) is -3.81. The second-order valence-corrected chi connectivity index (χ2v) is 4.59. The molecule has 0 unspecified atom stereocenters.